The number of oxazole rings is 1. The number of aromatic nitrogens is 1. The lowest BCUT2D eigenvalue weighted by molar-refractivity contribution is 0.0152. The van der Waals surface area contributed by atoms with Crippen LogP contribution in [0.2, 0.25) is 0 Å². The number of thioether (sulfide) groups is 1. The lowest BCUT2D eigenvalue weighted by Gasteiger charge is -2.11. The van der Waals surface area contributed by atoms with Gasteiger partial charge in [-0.3, -0.25) is 0 Å². The number of fused-ring (bicyclic) bond motifs is 1. The van der Waals surface area contributed by atoms with E-state index in [1.807, 2.05) is 39.0 Å². The van der Waals surface area contributed by atoms with Crippen molar-refractivity contribution in [1.29, 1.82) is 0 Å². The molecule has 0 spiro atoms. The van der Waals surface area contributed by atoms with Gasteiger partial charge >= 0.3 is 0 Å². The van der Waals surface area contributed by atoms with Crippen LogP contribution in [0, 0.1) is 6.92 Å². The smallest absolute Gasteiger partial charge is 0.256 e. The molecule has 0 fully saturated rings. The molecule has 2 aromatic rings. The van der Waals surface area contributed by atoms with Gasteiger partial charge in [-0.05, 0) is 38.5 Å². The maximum atomic E-state index is 9.76. The molecule has 1 heterocycles. The summed E-state index contributed by atoms with van der Waals surface area (Å²) in [6.07, 6.45) is -0.379. The number of hydrogen-bond donors (Lipinski definition) is 1. The number of rotatable bonds is 6. The summed E-state index contributed by atoms with van der Waals surface area (Å²) >= 11 is 1.40. The zero-order chi connectivity index (χ0) is 13.8. The maximum Gasteiger partial charge on any atom is 0.256 e. The van der Waals surface area contributed by atoms with Gasteiger partial charge in [0, 0.05) is 5.75 Å². The van der Waals surface area contributed by atoms with Crippen LogP contribution in [-0.4, -0.2) is 34.7 Å². The van der Waals surface area contributed by atoms with Crippen LogP contribution in [0.1, 0.15) is 19.4 Å². The number of nitrogens with zero attached hydrogens (tertiary/aromatic N) is 1. The Morgan fingerprint density at radius 1 is 1.42 bits per heavy atom. The van der Waals surface area contributed by atoms with E-state index < -0.39 is 6.10 Å². The molecule has 5 heteroatoms. The third-order valence-electron chi connectivity index (χ3n) is 2.54. The molecule has 0 bridgehead atoms. The predicted molar refractivity (Wildman–Crippen MR) is 76.6 cm³/mol. The first-order valence-electron chi connectivity index (χ1n) is 6.34. The Bertz CT molecular complexity index is 538. The molecule has 1 aromatic heterocycles. The predicted octanol–water partition coefficient (Wildman–Crippen LogP) is 3.01. The number of aryl methyl sites for hydroxylation is 1. The summed E-state index contributed by atoms with van der Waals surface area (Å²) in [4.78, 5) is 4.39. The van der Waals surface area contributed by atoms with E-state index in [2.05, 4.69) is 4.98 Å². The molecule has 19 heavy (non-hydrogen) atoms. The van der Waals surface area contributed by atoms with Crippen LogP contribution in [0.4, 0.5) is 0 Å². The van der Waals surface area contributed by atoms with Crippen molar-refractivity contribution < 1.29 is 14.3 Å². The van der Waals surface area contributed by atoms with Crippen molar-refractivity contribution in [2.45, 2.75) is 38.2 Å². The highest BCUT2D eigenvalue weighted by molar-refractivity contribution is 7.99. The van der Waals surface area contributed by atoms with Gasteiger partial charge in [-0.25, -0.2) is 4.98 Å². The second-order valence-electron chi connectivity index (χ2n) is 4.80. The zero-order valence-corrected chi connectivity index (χ0v) is 12.2. The minimum atomic E-state index is -0.510. The third kappa shape index (κ3) is 4.23. The Morgan fingerprint density at radius 3 is 2.95 bits per heavy atom. The lowest BCUT2D eigenvalue weighted by atomic mass is 10.2. The van der Waals surface area contributed by atoms with Crippen LogP contribution in [0.3, 0.4) is 0 Å². The molecule has 0 amide bonds. The van der Waals surface area contributed by atoms with Crippen LogP contribution in [0.25, 0.3) is 11.1 Å². The summed E-state index contributed by atoms with van der Waals surface area (Å²) in [6, 6.07) is 5.90. The molecule has 0 radical (unpaired) electrons. The molecule has 1 N–H and O–H groups in total. The molecule has 0 aliphatic carbocycles. The Morgan fingerprint density at radius 2 is 2.21 bits per heavy atom. The summed E-state index contributed by atoms with van der Waals surface area (Å²) in [6.45, 7) is 6.25. The highest BCUT2D eigenvalue weighted by Crippen LogP contribution is 2.24. The molecule has 2 rings (SSSR count). The van der Waals surface area contributed by atoms with E-state index in [-0.39, 0.29) is 6.10 Å². The molecule has 4 nitrogen and oxygen atoms in total. The average Bonchev–Trinajstić information content (AvgIpc) is 2.75. The molecule has 104 valence electrons. The van der Waals surface area contributed by atoms with E-state index in [1.165, 1.54) is 11.8 Å². The van der Waals surface area contributed by atoms with Gasteiger partial charge in [-0.15, -0.1) is 0 Å². The standard InChI is InChI=1S/C14H19NO3S/c1-9(2)17-7-11(16)8-19-14-15-12-6-10(3)4-5-13(12)18-14/h4-6,9,11,16H,7-8H2,1-3H3. The van der Waals surface area contributed by atoms with Crippen molar-refractivity contribution in [3.05, 3.63) is 23.8 Å². The molecule has 0 saturated carbocycles. The zero-order valence-electron chi connectivity index (χ0n) is 11.4. The molecule has 0 aliphatic rings. The summed E-state index contributed by atoms with van der Waals surface area (Å²) in [7, 11) is 0. The molecular formula is C14H19NO3S. The van der Waals surface area contributed by atoms with Crippen LogP contribution < -0.4 is 0 Å². The fraction of sp³-hybridized carbons (Fsp3) is 0.500. The quantitative estimate of drug-likeness (QED) is 0.825. The van der Waals surface area contributed by atoms with E-state index >= 15 is 0 Å². The average molecular weight is 281 g/mol. The molecule has 1 aromatic carbocycles. The Balaban J connectivity index is 1.90. The Hall–Kier alpha value is -1.04. The third-order valence-corrected chi connectivity index (χ3v) is 3.52. The van der Waals surface area contributed by atoms with Gasteiger partial charge in [0.1, 0.15) is 5.52 Å². The molecule has 1 unspecified atom stereocenters. The molecular weight excluding hydrogens is 262 g/mol. The number of aliphatic hydroxyl groups excluding tert-OH is 1. The molecule has 0 aliphatic heterocycles. The minimum absolute atomic E-state index is 0.131. The first kappa shape index (κ1) is 14.4. The van der Waals surface area contributed by atoms with Gasteiger partial charge < -0.3 is 14.3 Å². The fourth-order valence-electron chi connectivity index (χ4n) is 1.60. The first-order chi connectivity index (χ1) is 9.04. The van der Waals surface area contributed by atoms with Crippen molar-refractivity contribution in [1.82, 2.24) is 4.98 Å². The summed E-state index contributed by atoms with van der Waals surface area (Å²) in [5, 5.41) is 10.4. The van der Waals surface area contributed by atoms with E-state index in [0.717, 1.165) is 16.7 Å². The van der Waals surface area contributed by atoms with Crippen molar-refractivity contribution in [3.8, 4) is 0 Å². The Labute approximate surface area is 117 Å². The monoisotopic (exact) mass is 281 g/mol. The maximum absolute atomic E-state index is 9.76. The van der Waals surface area contributed by atoms with Crippen LogP contribution in [0.15, 0.2) is 27.8 Å². The van der Waals surface area contributed by atoms with E-state index in [9.17, 15) is 5.11 Å². The second kappa shape index (κ2) is 6.41. The van der Waals surface area contributed by atoms with E-state index in [0.29, 0.717) is 17.6 Å². The van der Waals surface area contributed by atoms with Crippen LogP contribution in [-0.2, 0) is 4.74 Å². The van der Waals surface area contributed by atoms with E-state index in [1.54, 1.807) is 0 Å². The molecule has 1 atom stereocenters. The van der Waals surface area contributed by atoms with Gasteiger partial charge in [0.2, 0.25) is 0 Å². The number of benzene rings is 1. The fourth-order valence-corrected chi connectivity index (χ4v) is 2.34. The van der Waals surface area contributed by atoms with Gasteiger partial charge in [0.15, 0.2) is 5.58 Å². The summed E-state index contributed by atoms with van der Waals surface area (Å²) < 4.78 is 11.0. The Kier molecular flexibility index (Phi) is 4.85. The molecule has 0 saturated heterocycles. The van der Waals surface area contributed by atoms with Crippen LogP contribution in [0.5, 0.6) is 0 Å². The minimum Gasteiger partial charge on any atom is -0.431 e. The van der Waals surface area contributed by atoms with E-state index in [4.69, 9.17) is 9.15 Å². The highest BCUT2D eigenvalue weighted by Gasteiger charge is 2.11. The number of aliphatic hydroxyl groups is 1. The second-order valence-corrected chi connectivity index (χ2v) is 5.77. The topological polar surface area (TPSA) is 55.5 Å². The normalized spacial score (nSPS) is 13.3. The number of ether oxygens (including phenoxy) is 1. The van der Waals surface area contributed by atoms with Gasteiger partial charge in [-0.1, -0.05) is 17.8 Å². The van der Waals surface area contributed by atoms with Gasteiger partial charge in [0.05, 0.1) is 18.8 Å². The largest absolute Gasteiger partial charge is 0.431 e. The summed E-state index contributed by atoms with van der Waals surface area (Å²) in [5.41, 5.74) is 2.79. The van der Waals surface area contributed by atoms with Gasteiger partial charge in [0.25, 0.3) is 5.22 Å². The summed E-state index contributed by atoms with van der Waals surface area (Å²) in [5.74, 6) is 0.512. The van der Waals surface area contributed by atoms with Crippen molar-refractivity contribution >= 4 is 22.9 Å². The number of hydrogen-bond acceptors (Lipinski definition) is 5. The van der Waals surface area contributed by atoms with Crippen molar-refractivity contribution in [3.63, 3.8) is 0 Å². The first-order valence-corrected chi connectivity index (χ1v) is 7.33. The van der Waals surface area contributed by atoms with Crippen LogP contribution >= 0.6 is 11.8 Å². The van der Waals surface area contributed by atoms with Crippen molar-refractivity contribution in [2.24, 2.45) is 0 Å². The van der Waals surface area contributed by atoms with Gasteiger partial charge in [-0.2, -0.15) is 0 Å². The lowest BCUT2D eigenvalue weighted by Crippen LogP contribution is -2.20. The van der Waals surface area contributed by atoms with Crippen molar-refractivity contribution in [2.75, 3.05) is 12.4 Å². The highest BCUT2D eigenvalue weighted by atomic mass is 32.2. The SMILES string of the molecule is Cc1ccc2oc(SCC(O)COC(C)C)nc2c1.